The average molecular weight is 422 g/mol. The van der Waals surface area contributed by atoms with Crippen molar-refractivity contribution in [2.75, 3.05) is 30.7 Å². The second kappa shape index (κ2) is 8.76. The Morgan fingerprint density at radius 3 is 2.83 bits per heavy atom. The summed E-state index contributed by atoms with van der Waals surface area (Å²) in [4.78, 5) is 0. The van der Waals surface area contributed by atoms with Crippen molar-refractivity contribution in [2.45, 2.75) is 13.0 Å². The minimum absolute atomic E-state index is 0.198. The molecule has 0 spiro atoms. The summed E-state index contributed by atoms with van der Waals surface area (Å²) in [6.07, 6.45) is 0.00126. The van der Waals surface area contributed by atoms with Gasteiger partial charge in [0, 0.05) is 30.2 Å². The lowest BCUT2D eigenvalue weighted by atomic mass is 10.1. The number of hydrogen-bond donors (Lipinski definition) is 4. The van der Waals surface area contributed by atoms with Gasteiger partial charge >= 0.3 is 0 Å². The quantitative estimate of drug-likeness (QED) is 0.393. The van der Waals surface area contributed by atoms with E-state index in [1.54, 1.807) is 0 Å². The Kier molecular flexibility index (Phi) is 6.36. The van der Waals surface area contributed by atoms with Crippen LogP contribution in [0.4, 0.5) is 10.1 Å². The Hall–Kier alpha value is -2.69. The zero-order valence-electron chi connectivity index (χ0n) is 16.1. The van der Waals surface area contributed by atoms with E-state index in [-0.39, 0.29) is 12.2 Å². The van der Waals surface area contributed by atoms with Crippen molar-refractivity contribution in [3.8, 4) is 5.75 Å². The van der Waals surface area contributed by atoms with Crippen LogP contribution >= 0.6 is 0 Å². The summed E-state index contributed by atoms with van der Waals surface area (Å²) >= 11 is 0. The number of fused-ring (bicyclic) bond motifs is 1. The molecule has 1 atom stereocenters. The summed E-state index contributed by atoms with van der Waals surface area (Å²) in [7, 11) is -3.62. The smallest absolute Gasteiger partial charge is 0.229 e. The van der Waals surface area contributed by atoms with Gasteiger partial charge in [-0.05, 0) is 36.8 Å². The number of halogens is 1. The van der Waals surface area contributed by atoms with Crippen molar-refractivity contribution in [1.29, 1.82) is 0 Å². The first-order chi connectivity index (χ1) is 13.7. The van der Waals surface area contributed by atoms with Crippen LogP contribution in [-0.2, 0) is 10.0 Å². The summed E-state index contributed by atoms with van der Waals surface area (Å²) < 4.78 is 44.1. The maximum atomic E-state index is 13.7. The number of nitrogens with one attached hydrogen (secondary N) is 3. The van der Waals surface area contributed by atoms with E-state index in [0.717, 1.165) is 28.9 Å². The maximum absolute atomic E-state index is 13.7. The highest BCUT2D eigenvalue weighted by atomic mass is 32.2. The highest BCUT2D eigenvalue weighted by Crippen LogP contribution is 2.22. The fourth-order valence-electron chi connectivity index (χ4n) is 2.84. The fourth-order valence-corrected chi connectivity index (χ4v) is 3.40. The van der Waals surface area contributed by atoms with Gasteiger partial charge in [0.05, 0.1) is 23.6 Å². The predicted octanol–water partition coefficient (Wildman–Crippen LogP) is 2.08. The summed E-state index contributed by atoms with van der Waals surface area (Å²) in [5, 5.41) is 21.5. The number of aliphatic hydroxyl groups is 1. The number of benzene rings is 2. The molecule has 156 valence electrons. The number of sulfonamides is 1. The normalized spacial score (nSPS) is 12.8. The molecule has 0 saturated carbocycles. The van der Waals surface area contributed by atoms with Crippen LogP contribution in [0.3, 0.4) is 0 Å². The molecule has 1 aromatic heterocycles. The number of rotatable bonds is 9. The fraction of sp³-hybridized carbons (Fsp3) is 0.316. The van der Waals surface area contributed by atoms with Gasteiger partial charge in [0.25, 0.3) is 0 Å². The third kappa shape index (κ3) is 5.66. The Balaban J connectivity index is 1.48. The van der Waals surface area contributed by atoms with Gasteiger partial charge in [0.2, 0.25) is 10.0 Å². The van der Waals surface area contributed by atoms with Crippen LogP contribution in [0.2, 0.25) is 0 Å². The maximum Gasteiger partial charge on any atom is 0.229 e. The van der Waals surface area contributed by atoms with E-state index in [9.17, 15) is 17.9 Å². The molecule has 0 unspecified atom stereocenters. The van der Waals surface area contributed by atoms with Gasteiger partial charge in [-0.25, -0.2) is 12.8 Å². The second-order valence-electron chi connectivity index (χ2n) is 6.71. The minimum atomic E-state index is -3.62. The predicted molar refractivity (Wildman–Crippen MR) is 109 cm³/mol. The van der Waals surface area contributed by atoms with Crippen molar-refractivity contribution in [3.63, 3.8) is 0 Å². The molecular formula is C19H23FN4O4S. The molecule has 3 aromatic rings. The molecule has 1 heterocycles. The van der Waals surface area contributed by atoms with E-state index in [1.807, 2.05) is 25.1 Å². The van der Waals surface area contributed by atoms with E-state index >= 15 is 0 Å². The lowest BCUT2D eigenvalue weighted by Gasteiger charge is -2.14. The minimum Gasteiger partial charge on any atom is -0.492 e. The van der Waals surface area contributed by atoms with Gasteiger partial charge in [-0.3, -0.25) is 9.82 Å². The van der Waals surface area contributed by atoms with E-state index in [1.165, 1.54) is 12.1 Å². The first kappa shape index (κ1) is 21.0. The van der Waals surface area contributed by atoms with Crippen molar-refractivity contribution in [3.05, 3.63) is 53.5 Å². The molecule has 8 nitrogen and oxygen atoms in total. The van der Waals surface area contributed by atoms with Crippen LogP contribution in [-0.4, -0.2) is 49.7 Å². The van der Waals surface area contributed by atoms with Crippen LogP contribution in [0.15, 0.2) is 36.4 Å². The van der Waals surface area contributed by atoms with Gasteiger partial charge in [0.15, 0.2) is 0 Å². The number of aromatic nitrogens is 2. The monoisotopic (exact) mass is 422 g/mol. The van der Waals surface area contributed by atoms with Gasteiger partial charge in [-0.1, -0.05) is 6.07 Å². The van der Waals surface area contributed by atoms with E-state index in [2.05, 4.69) is 20.2 Å². The number of anilines is 1. The molecule has 0 saturated heterocycles. The largest absolute Gasteiger partial charge is 0.492 e. The second-order valence-corrected chi connectivity index (χ2v) is 8.46. The number of aliphatic hydroxyl groups excluding tert-OH is 1. The molecule has 0 amide bonds. The van der Waals surface area contributed by atoms with Gasteiger partial charge in [-0.15, -0.1) is 0 Å². The van der Waals surface area contributed by atoms with Crippen LogP contribution < -0.4 is 14.8 Å². The SMILES string of the molecule is Cc1[nH]nc2cc(OCCNC[C@H](O)c3ccc(F)c(NS(C)(=O)=O)c3)ccc12. The van der Waals surface area contributed by atoms with Gasteiger partial charge in [-0.2, -0.15) is 5.10 Å². The Morgan fingerprint density at radius 2 is 2.07 bits per heavy atom. The van der Waals surface area contributed by atoms with Gasteiger partial charge < -0.3 is 15.2 Å². The standard InChI is InChI=1S/C19H23FN4O4S/c1-12-15-5-4-14(10-17(15)23-22-12)28-8-7-21-11-19(25)13-3-6-16(20)18(9-13)24-29(2,26)27/h3-6,9-10,19,21,24-25H,7-8,11H2,1-2H3,(H,22,23)/t19-/m0/s1. The Bertz CT molecular complexity index is 1100. The van der Waals surface area contributed by atoms with Crippen LogP contribution in [0.5, 0.6) is 5.75 Å². The first-order valence-electron chi connectivity index (χ1n) is 8.96. The molecule has 0 aliphatic rings. The number of nitrogens with zero attached hydrogens (tertiary/aromatic N) is 1. The molecule has 0 fully saturated rings. The Labute approximate surface area is 168 Å². The van der Waals surface area contributed by atoms with Crippen molar-refractivity contribution < 1.29 is 22.7 Å². The number of aryl methyl sites for hydroxylation is 1. The first-order valence-corrected chi connectivity index (χ1v) is 10.9. The molecule has 0 bridgehead atoms. The molecule has 10 heteroatoms. The molecule has 0 radical (unpaired) electrons. The lowest BCUT2D eigenvalue weighted by Crippen LogP contribution is -2.26. The number of aromatic amines is 1. The summed E-state index contributed by atoms with van der Waals surface area (Å²) in [5.41, 5.74) is 2.03. The lowest BCUT2D eigenvalue weighted by molar-refractivity contribution is 0.172. The Morgan fingerprint density at radius 1 is 1.28 bits per heavy atom. The number of hydrogen-bond acceptors (Lipinski definition) is 6. The van der Waals surface area contributed by atoms with Gasteiger partial charge in [0.1, 0.15) is 18.2 Å². The highest BCUT2D eigenvalue weighted by molar-refractivity contribution is 7.92. The molecule has 3 rings (SSSR count). The molecule has 29 heavy (non-hydrogen) atoms. The molecule has 0 aliphatic carbocycles. The van der Waals surface area contributed by atoms with Crippen LogP contribution in [0.1, 0.15) is 17.4 Å². The van der Waals surface area contributed by atoms with Crippen molar-refractivity contribution in [1.82, 2.24) is 15.5 Å². The number of ether oxygens (including phenoxy) is 1. The highest BCUT2D eigenvalue weighted by Gasteiger charge is 2.13. The third-order valence-electron chi connectivity index (χ3n) is 4.27. The van der Waals surface area contributed by atoms with E-state index in [0.29, 0.717) is 24.5 Å². The topological polar surface area (TPSA) is 116 Å². The molecule has 4 N–H and O–H groups in total. The van der Waals surface area contributed by atoms with E-state index < -0.39 is 21.9 Å². The third-order valence-corrected chi connectivity index (χ3v) is 4.86. The summed E-state index contributed by atoms with van der Waals surface area (Å²) in [6, 6.07) is 9.46. The van der Waals surface area contributed by atoms with Crippen molar-refractivity contribution in [2.24, 2.45) is 0 Å². The molecule has 2 aromatic carbocycles. The van der Waals surface area contributed by atoms with Crippen molar-refractivity contribution >= 4 is 26.6 Å². The van der Waals surface area contributed by atoms with E-state index in [4.69, 9.17) is 4.74 Å². The molecular weight excluding hydrogens is 399 g/mol. The summed E-state index contributed by atoms with van der Waals surface area (Å²) in [5.74, 6) is -0.0156. The zero-order chi connectivity index (χ0) is 21.0. The zero-order valence-corrected chi connectivity index (χ0v) is 16.9. The van der Waals surface area contributed by atoms with Crippen LogP contribution in [0, 0.1) is 12.7 Å². The average Bonchev–Trinajstić information content (AvgIpc) is 3.02. The number of H-pyrrole nitrogens is 1. The molecule has 0 aliphatic heterocycles. The summed E-state index contributed by atoms with van der Waals surface area (Å²) in [6.45, 7) is 3.01. The van der Waals surface area contributed by atoms with Crippen LogP contribution in [0.25, 0.3) is 10.9 Å².